The molecule has 0 unspecified atom stereocenters. The zero-order valence-electron chi connectivity index (χ0n) is 60.9. The Labute approximate surface area is 596 Å². The van der Waals surface area contributed by atoms with Crippen LogP contribution in [0.15, 0.2) is 42.5 Å². The van der Waals surface area contributed by atoms with Gasteiger partial charge in [0.15, 0.2) is 0 Å². The molecule has 24 nitrogen and oxygen atoms in total. The van der Waals surface area contributed by atoms with Gasteiger partial charge >= 0.3 is 6.18 Å². The van der Waals surface area contributed by atoms with E-state index in [0.717, 1.165) is 92.2 Å². The number of nitrogens with one attached hydrogen (secondary N) is 3. The lowest BCUT2D eigenvalue weighted by molar-refractivity contribution is -0.156. The van der Waals surface area contributed by atoms with Crippen LogP contribution in [-0.2, 0) is 76.6 Å². The summed E-state index contributed by atoms with van der Waals surface area (Å²) in [6.45, 7) is 7.19. The van der Waals surface area contributed by atoms with Gasteiger partial charge in [0.25, 0.3) is 0 Å². The molecule has 2 saturated carbocycles. The fourth-order valence-electron chi connectivity index (χ4n) is 14.2. The molecule has 0 aromatic heterocycles. The molecule has 0 bridgehead atoms. The van der Waals surface area contributed by atoms with Gasteiger partial charge in [0.2, 0.25) is 70.9 Å². The minimum Gasteiger partial charge on any atom is -0.343 e. The fourth-order valence-corrected chi connectivity index (χ4v) is 14.5. The summed E-state index contributed by atoms with van der Waals surface area (Å²) in [4.78, 5) is 188. The van der Waals surface area contributed by atoms with Crippen molar-refractivity contribution in [1.82, 2.24) is 60.0 Å². The molecule has 2 aromatic rings. The first-order valence-electron chi connectivity index (χ1n) is 35.3. The molecule has 2 aliphatic carbocycles. The lowest BCUT2D eigenvalue weighted by Gasteiger charge is -2.42. The number of hydrogen-bond acceptors (Lipinski definition) is 12. The van der Waals surface area contributed by atoms with Gasteiger partial charge in [-0.3, -0.25) is 57.5 Å². The Bertz CT molecular complexity index is 3320. The molecule has 12 amide bonds. The quantitative estimate of drug-likeness (QED) is 0.229. The third kappa shape index (κ3) is 21.1. The van der Waals surface area contributed by atoms with Crippen molar-refractivity contribution in [2.24, 2.45) is 17.8 Å². The van der Waals surface area contributed by atoms with Gasteiger partial charge in [-0.1, -0.05) is 109 Å². The van der Waals surface area contributed by atoms with Crippen molar-refractivity contribution in [3.8, 4) is 0 Å². The number of aryl methyl sites for hydroxylation is 1. The summed E-state index contributed by atoms with van der Waals surface area (Å²) in [5, 5.41) is 7.81. The van der Waals surface area contributed by atoms with Crippen molar-refractivity contribution in [3.63, 3.8) is 0 Å². The summed E-state index contributed by atoms with van der Waals surface area (Å²) < 4.78 is 56.9. The van der Waals surface area contributed by atoms with Crippen LogP contribution >= 0.6 is 11.6 Å². The average molecular weight is 1440 g/mol. The molecule has 4 fully saturated rings. The molecule has 101 heavy (non-hydrogen) atoms. The number of likely N-dealkylation sites (N-methyl/N-ethyl adjacent to an activating group) is 8. The highest BCUT2D eigenvalue weighted by Gasteiger charge is 2.50. The van der Waals surface area contributed by atoms with E-state index in [1.165, 1.54) is 91.3 Å². The number of benzene rings is 2. The van der Waals surface area contributed by atoms with E-state index in [1.807, 2.05) is 0 Å². The maximum absolute atomic E-state index is 15.6. The molecule has 6 rings (SSSR count). The molecule has 8 atom stereocenters. The number of amides is 12. The number of hydrogen-bond donors (Lipinski definition) is 3. The second kappa shape index (κ2) is 36.3. The lowest BCUT2D eigenvalue weighted by Crippen LogP contribution is -2.65. The van der Waals surface area contributed by atoms with Crippen molar-refractivity contribution < 1.29 is 75.1 Å². The lowest BCUT2D eigenvalue weighted by atomic mass is 9.84. The van der Waals surface area contributed by atoms with Crippen LogP contribution in [-0.4, -0.2) is 252 Å². The zero-order chi connectivity index (χ0) is 75.1. The fraction of sp³-hybridized carbons (Fsp3) is 0.667. The number of nitrogens with zero attached hydrogens (tertiary/aromatic N) is 9. The summed E-state index contributed by atoms with van der Waals surface area (Å²) >= 11 is 6.16. The van der Waals surface area contributed by atoms with Crippen LogP contribution in [0.3, 0.4) is 0 Å². The number of carbonyl (C=O) groups is 12. The van der Waals surface area contributed by atoms with Crippen LogP contribution in [0.4, 0.5) is 17.6 Å². The number of carbonyl (C=O) groups excluding carboxylic acids is 12. The molecular formula is C72H105ClF4N12O12. The average Bonchev–Trinajstić information content (AvgIpc) is 0.990. The molecule has 2 saturated heterocycles. The van der Waals surface area contributed by atoms with Gasteiger partial charge in [0, 0.05) is 75.9 Å². The van der Waals surface area contributed by atoms with Crippen molar-refractivity contribution in [1.29, 1.82) is 0 Å². The van der Waals surface area contributed by atoms with E-state index in [1.54, 1.807) is 32.6 Å². The Balaban J connectivity index is 1.46. The molecular weight excluding hydrogens is 1340 g/mol. The van der Waals surface area contributed by atoms with Crippen molar-refractivity contribution in [2.75, 3.05) is 89.1 Å². The maximum Gasteiger partial charge on any atom is 0.417 e. The van der Waals surface area contributed by atoms with Crippen LogP contribution < -0.4 is 16.0 Å². The number of likely N-dealkylation sites (tertiary alicyclic amines) is 1. The molecule has 0 radical (unpaired) electrons. The van der Waals surface area contributed by atoms with Crippen LogP contribution in [0.5, 0.6) is 0 Å². The summed E-state index contributed by atoms with van der Waals surface area (Å²) in [7, 11) is 10.8. The monoisotopic (exact) mass is 1440 g/mol. The standard InChI is InChI=1S/C72H105ClF4N12O12/c1-14-45(4)61-68(99)83(8)42-59(92)81(6)43-60(93)85(10)55(38-47-24-17-15-18-25-47)66(97)82(7)41-57(90)78-53(31-29-48-28-30-51(52(73)37-48)72(75,76)77)65(96)86(11)54(39-49-26-23-27-50(74)36-49)64(95)80-71(32-19-20-33-71)70(101)88(13)62(44(2)3)69(100)87(12)56(67(98)89-34-21-16-22-35-89)40-58(91)84(9)46(5)63(94)79-61/h23,26-28,30,36-37,44-47,53-56,61-62H,14-22,24-25,29,31-35,38-43H2,1-13H3,(H,78,90)(H,79,94)(H,80,95)/t45-,46-,53-,54-,55-,56-,61-,62-/m0/s1. The molecule has 29 heteroatoms. The minimum absolute atomic E-state index is 0.0188. The van der Waals surface area contributed by atoms with Crippen LogP contribution in [0, 0.1) is 23.6 Å². The molecule has 2 aromatic carbocycles. The summed E-state index contributed by atoms with van der Waals surface area (Å²) in [5.41, 5.74) is -2.39. The highest BCUT2D eigenvalue weighted by Crippen LogP contribution is 2.37. The van der Waals surface area contributed by atoms with Crippen molar-refractivity contribution in [2.45, 2.75) is 204 Å². The second-order valence-electron chi connectivity index (χ2n) is 28.7. The Morgan fingerprint density at radius 1 is 0.634 bits per heavy atom. The first-order chi connectivity index (χ1) is 47.4. The Morgan fingerprint density at radius 2 is 1.25 bits per heavy atom. The predicted octanol–water partition coefficient (Wildman–Crippen LogP) is 5.69. The minimum atomic E-state index is -4.80. The Morgan fingerprint density at radius 3 is 1.84 bits per heavy atom. The molecule has 2 heterocycles. The summed E-state index contributed by atoms with van der Waals surface area (Å²) in [6, 6.07) is -1.37. The number of rotatable bonds is 11. The first-order valence-corrected chi connectivity index (χ1v) is 35.7. The summed E-state index contributed by atoms with van der Waals surface area (Å²) in [6.07, 6.45) is 1.55. The predicted molar refractivity (Wildman–Crippen MR) is 370 cm³/mol. The first kappa shape index (κ1) is 82.0. The van der Waals surface area contributed by atoms with E-state index in [0.29, 0.717) is 45.2 Å². The largest absolute Gasteiger partial charge is 0.417 e. The topological polar surface area (TPSA) is 270 Å². The van der Waals surface area contributed by atoms with E-state index in [4.69, 9.17) is 11.6 Å². The van der Waals surface area contributed by atoms with Gasteiger partial charge in [-0.15, -0.1) is 0 Å². The highest BCUT2D eigenvalue weighted by atomic mass is 35.5. The van der Waals surface area contributed by atoms with Gasteiger partial charge in [-0.25, -0.2) is 4.39 Å². The highest BCUT2D eigenvalue weighted by molar-refractivity contribution is 6.31. The van der Waals surface area contributed by atoms with Gasteiger partial charge in [0.1, 0.15) is 53.6 Å². The molecule has 1 spiro atoms. The normalized spacial score (nSPS) is 25.1. The Kier molecular flexibility index (Phi) is 29.5. The van der Waals surface area contributed by atoms with Gasteiger partial charge in [-0.05, 0) is 111 Å². The maximum atomic E-state index is 15.6. The number of alkyl halides is 3. The van der Waals surface area contributed by atoms with E-state index >= 15 is 23.6 Å². The third-order valence-corrected chi connectivity index (χ3v) is 21.3. The van der Waals surface area contributed by atoms with E-state index < -0.39 is 179 Å². The van der Waals surface area contributed by atoms with Crippen LogP contribution in [0.25, 0.3) is 0 Å². The van der Waals surface area contributed by atoms with Crippen LogP contribution in [0.2, 0.25) is 5.02 Å². The molecule has 4 aliphatic rings. The SMILES string of the molecule is CC[C@H](C)[C@@H]1NC(=O)[C@H](C)N(C)C(=O)C[C@@H](C(=O)N2CCCCC2)N(C)C(=O)[C@H](C(C)C)N(C)C(=O)C2(CCCC2)NC(=O)[C@H](Cc2cccc(F)c2)N(C)C(=O)[C@H](CCc2ccc(C(F)(F)F)c(Cl)c2)NC(=O)CN(C)C(=O)[C@H](CC2CCCCC2)N(C)C(=O)CN(C)C(=O)CN(C)C1=O. The zero-order valence-corrected chi connectivity index (χ0v) is 61.6. The van der Waals surface area contributed by atoms with Crippen molar-refractivity contribution >= 4 is 82.5 Å². The number of halogens is 5. The van der Waals surface area contributed by atoms with E-state index in [-0.39, 0.29) is 55.6 Å². The third-order valence-electron chi connectivity index (χ3n) is 21.0. The smallest absolute Gasteiger partial charge is 0.343 e. The van der Waals surface area contributed by atoms with Crippen molar-refractivity contribution in [3.05, 3.63) is 70.0 Å². The van der Waals surface area contributed by atoms with Gasteiger partial charge in [0.05, 0.1) is 36.6 Å². The van der Waals surface area contributed by atoms with Crippen LogP contribution in [0.1, 0.15) is 154 Å². The number of piperidine rings is 1. The molecule has 2 aliphatic heterocycles. The summed E-state index contributed by atoms with van der Waals surface area (Å²) in [5.74, 6) is -10.7. The Hall–Kier alpha value is -7.91. The van der Waals surface area contributed by atoms with Gasteiger partial charge < -0.3 is 60.0 Å². The van der Waals surface area contributed by atoms with E-state index in [9.17, 15) is 51.5 Å². The van der Waals surface area contributed by atoms with E-state index in [2.05, 4.69) is 16.0 Å². The second-order valence-corrected chi connectivity index (χ2v) is 29.1. The molecule has 560 valence electrons. The molecule has 3 N–H and O–H groups in total. The van der Waals surface area contributed by atoms with Gasteiger partial charge in [-0.2, -0.15) is 13.2 Å².